The van der Waals surface area contributed by atoms with Crippen LogP contribution in [0.4, 0.5) is 16.2 Å². The van der Waals surface area contributed by atoms with Gasteiger partial charge >= 0.3 is 6.03 Å². The molecular weight excluding hydrogens is 466 g/mol. The second-order valence-electron chi connectivity index (χ2n) is 10.1. The van der Waals surface area contributed by atoms with E-state index in [0.29, 0.717) is 17.9 Å². The SMILES string of the molecule is Cc1cc2c(cc1OCc1ccoc1)C(C1CCCCC1)=NN(C(C)C)C(=O)N2c1ccc(C=O)cc1. The molecular formula is C30H33N3O4. The highest BCUT2D eigenvalue weighted by Crippen LogP contribution is 2.41. The van der Waals surface area contributed by atoms with Crippen molar-refractivity contribution < 1.29 is 18.7 Å². The zero-order chi connectivity index (χ0) is 25.9. The summed E-state index contributed by atoms with van der Waals surface area (Å²) >= 11 is 0. The van der Waals surface area contributed by atoms with E-state index >= 15 is 0 Å². The second-order valence-corrected chi connectivity index (χ2v) is 10.1. The summed E-state index contributed by atoms with van der Waals surface area (Å²) in [4.78, 5) is 27.0. The number of carbonyl (C=O) groups is 2. The number of aryl methyl sites for hydroxylation is 1. The number of hydrazone groups is 1. The normalized spacial score (nSPS) is 16.4. The zero-order valence-electron chi connectivity index (χ0n) is 21.6. The molecule has 7 heteroatoms. The highest BCUT2D eigenvalue weighted by Gasteiger charge is 2.35. The number of rotatable bonds is 7. The largest absolute Gasteiger partial charge is 0.488 e. The summed E-state index contributed by atoms with van der Waals surface area (Å²) in [7, 11) is 0. The van der Waals surface area contributed by atoms with Crippen molar-refractivity contribution in [2.45, 2.75) is 65.5 Å². The molecule has 5 rings (SSSR count). The molecule has 0 bridgehead atoms. The molecule has 0 N–H and O–H groups in total. The van der Waals surface area contributed by atoms with E-state index in [2.05, 4.69) is 0 Å². The number of fused-ring (bicyclic) bond motifs is 1. The van der Waals surface area contributed by atoms with E-state index in [1.807, 2.05) is 51.1 Å². The predicted molar refractivity (Wildman–Crippen MR) is 144 cm³/mol. The molecule has 2 aromatic carbocycles. The van der Waals surface area contributed by atoms with E-state index in [4.69, 9.17) is 14.3 Å². The summed E-state index contributed by atoms with van der Waals surface area (Å²) in [6.07, 6.45) is 9.75. The van der Waals surface area contributed by atoms with Crippen molar-refractivity contribution in [2.24, 2.45) is 11.0 Å². The van der Waals surface area contributed by atoms with Gasteiger partial charge in [0.25, 0.3) is 0 Å². The van der Waals surface area contributed by atoms with Gasteiger partial charge in [-0.3, -0.25) is 9.69 Å². The molecule has 0 unspecified atom stereocenters. The van der Waals surface area contributed by atoms with Gasteiger partial charge in [-0.1, -0.05) is 19.3 Å². The molecule has 1 aliphatic carbocycles. The Morgan fingerprint density at radius 2 is 1.86 bits per heavy atom. The molecule has 2 aliphatic rings. The van der Waals surface area contributed by atoms with Crippen LogP contribution in [0.1, 0.15) is 73.0 Å². The van der Waals surface area contributed by atoms with Crippen LogP contribution in [-0.4, -0.2) is 29.1 Å². The molecule has 1 fully saturated rings. The Hall–Kier alpha value is -3.87. The number of aldehydes is 1. The first-order valence-electron chi connectivity index (χ1n) is 13.0. The highest BCUT2D eigenvalue weighted by atomic mass is 16.5. The van der Waals surface area contributed by atoms with Crippen molar-refractivity contribution in [3.8, 4) is 5.75 Å². The van der Waals surface area contributed by atoms with Crippen LogP contribution in [0.25, 0.3) is 0 Å². The molecule has 0 radical (unpaired) electrons. The molecule has 1 aromatic heterocycles. The van der Waals surface area contributed by atoms with Gasteiger partial charge in [-0.25, -0.2) is 9.80 Å². The van der Waals surface area contributed by atoms with Gasteiger partial charge in [0.2, 0.25) is 0 Å². The Morgan fingerprint density at radius 1 is 1.11 bits per heavy atom. The van der Waals surface area contributed by atoms with E-state index in [0.717, 1.165) is 65.8 Å². The van der Waals surface area contributed by atoms with Crippen molar-refractivity contribution >= 4 is 29.4 Å². The molecule has 2 amide bonds. The smallest absolute Gasteiger partial charge is 0.349 e. The van der Waals surface area contributed by atoms with Crippen LogP contribution in [0.15, 0.2) is 64.5 Å². The minimum Gasteiger partial charge on any atom is -0.488 e. The van der Waals surface area contributed by atoms with Gasteiger partial charge in [0.05, 0.1) is 35.7 Å². The lowest BCUT2D eigenvalue weighted by Gasteiger charge is -2.29. The fraction of sp³-hybridized carbons (Fsp3) is 0.367. The lowest BCUT2D eigenvalue weighted by Crippen LogP contribution is -2.41. The lowest BCUT2D eigenvalue weighted by molar-refractivity contribution is 0.112. The van der Waals surface area contributed by atoms with Gasteiger partial charge in [-0.05, 0) is 81.6 Å². The number of hydrogen-bond donors (Lipinski definition) is 0. The molecule has 7 nitrogen and oxygen atoms in total. The average Bonchev–Trinajstić information content (AvgIpc) is 3.39. The van der Waals surface area contributed by atoms with Crippen LogP contribution in [0.5, 0.6) is 5.75 Å². The minimum absolute atomic E-state index is 0.130. The molecule has 0 saturated heterocycles. The van der Waals surface area contributed by atoms with Crippen LogP contribution in [0.2, 0.25) is 0 Å². The summed E-state index contributed by atoms with van der Waals surface area (Å²) in [6, 6.07) is 12.7. The maximum absolute atomic E-state index is 14.0. The summed E-state index contributed by atoms with van der Waals surface area (Å²) in [5.74, 6) is 1.02. The molecule has 1 saturated carbocycles. The van der Waals surface area contributed by atoms with Gasteiger partial charge in [-0.15, -0.1) is 0 Å². The summed E-state index contributed by atoms with van der Waals surface area (Å²) in [5, 5.41) is 6.64. The fourth-order valence-corrected chi connectivity index (χ4v) is 5.14. The molecule has 37 heavy (non-hydrogen) atoms. The number of benzene rings is 2. The third kappa shape index (κ3) is 5.03. The average molecular weight is 500 g/mol. The van der Waals surface area contributed by atoms with Crippen molar-refractivity contribution in [1.29, 1.82) is 0 Å². The maximum Gasteiger partial charge on any atom is 0.349 e. The van der Waals surface area contributed by atoms with E-state index in [9.17, 15) is 9.59 Å². The van der Waals surface area contributed by atoms with Gasteiger partial charge in [0.15, 0.2) is 0 Å². The third-order valence-electron chi connectivity index (χ3n) is 7.16. The Balaban J connectivity index is 1.67. The van der Waals surface area contributed by atoms with E-state index in [1.165, 1.54) is 6.42 Å². The van der Waals surface area contributed by atoms with Crippen LogP contribution in [-0.2, 0) is 6.61 Å². The highest BCUT2D eigenvalue weighted by molar-refractivity contribution is 6.14. The quantitative estimate of drug-likeness (QED) is 0.321. The van der Waals surface area contributed by atoms with E-state index in [-0.39, 0.29) is 18.0 Å². The predicted octanol–water partition coefficient (Wildman–Crippen LogP) is 7.25. The third-order valence-corrected chi connectivity index (χ3v) is 7.16. The summed E-state index contributed by atoms with van der Waals surface area (Å²) in [6.45, 7) is 6.34. The number of urea groups is 1. The summed E-state index contributed by atoms with van der Waals surface area (Å²) < 4.78 is 11.4. The molecule has 0 atom stereocenters. The number of anilines is 2. The Kier molecular flexibility index (Phi) is 7.12. The second kappa shape index (κ2) is 10.6. The first-order chi connectivity index (χ1) is 18.0. The first kappa shape index (κ1) is 24.8. The molecule has 192 valence electrons. The monoisotopic (exact) mass is 499 g/mol. The zero-order valence-corrected chi connectivity index (χ0v) is 21.6. The number of carbonyl (C=O) groups excluding carboxylic acids is 2. The number of ether oxygens (including phenoxy) is 1. The standard InChI is InChI=1S/C30H33N3O4/c1-20(2)33-30(35)32(25-11-9-22(17-34)10-12-25)27-15-21(3)28(37-19-23-13-14-36-18-23)16-26(27)29(31-33)24-7-5-4-6-8-24/h9-18,20,24H,4-8,19H2,1-3H3. The number of hydrogen-bond acceptors (Lipinski definition) is 5. The number of furan rings is 1. The van der Waals surface area contributed by atoms with E-state index < -0.39 is 0 Å². The lowest BCUT2D eigenvalue weighted by atomic mass is 9.82. The summed E-state index contributed by atoms with van der Waals surface area (Å²) in [5.41, 5.74) is 5.76. The van der Waals surface area contributed by atoms with Crippen molar-refractivity contribution in [2.75, 3.05) is 4.90 Å². The van der Waals surface area contributed by atoms with Crippen LogP contribution in [0, 0.1) is 12.8 Å². The molecule has 1 aliphatic heterocycles. The first-order valence-corrected chi connectivity index (χ1v) is 13.0. The number of amides is 2. The Labute approximate surface area is 217 Å². The van der Waals surface area contributed by atoms with Crippen LogP contribution in [0.3, 0.4) is 0 Å². The van der Waals surface area contributed by atoms with Crippen LogP contribution < -0.4 is 9.64 Å². The molecule has 3 aromatic rings. The molecule has 0 spiro atoms. The van der Waals surface area contributed by atoms with Gasteiger partial charge in [0, 0.05) is 22.6 Å². The number of nitrogens with zero attached hydrogens (tertiary/aromatic N) is 3. The fourth-order valence-electron chi connectivity index (χ4n) is 5.14. The van der Waals surface area contributed by atoms with Gasteiger partial charge in [-0.2, -0.15) is 5.10 Å². The van der Waals surface area contributed by atoms with Crippen LogP contribution >= 0.6 is 0 Å². The molecule has 2 heterocycles. The van der Waals surface area contributed by atoms with Crippen molar-refractivity contribution in [3.05, 3.63) is 77.2 Å². The Morgan fingerprint density at radius 3 is 2.51 bits per heavy atom. The van der Waals surface area contributed by atoms with Gasteiger partial charge in [0.1, 0.15) is 18.6 Å². The van der Waals surface area contributed by atoms with Crippen molar-refractivity contribution in [1.82, 2.24) is 5.01 Å². The minimum atomic E-state index is -0.215. The maximum atomic E-state index is 14.0. The van der Waals surface area contributed by atoms with Gasteiger partial charge < -0.3 is 9.15 Å². The Bertz CT molecular complexity index is 1290. The van der Waals surface area contributed by atoms with E-state index in [1.54, 1.807) is 34.6 Å². The topological polar surface area (TPSA) is 75.4 Å². The van der Waals surface area contributed by atoms with Crippen molar-refractivity contribution in [3.63, 3.8) is 0 Å².